The molecule has 0 bridgehead atoms. The Labute approximate surface area is 192 Å². The summed E-state index contributed by atoms with van der Waals surface area (Å²) in [6.45, 7) is 2.60. The van der Waals surface area contributed by atoms with Gasteiger partial charge in [0.15, 0.2) is 0 Å². The molecule has 1 aromatic carbocycles. The van der Waals surface area contributed by atoms with Gasteiger partial charge in [-0.15, -0.1) is 0 Å². The Balaban J connectivity index is 1.40. The Morgan fingerprint density at radius 1 is 1.16 bits per heavy atom. The molecule has 2 amide bonds. The minimum Gasteiger partial charge on any atom is -0.497 e. The zero-order valence-electron chi connectivity index (χ0n) is 17.4. The Hall–Kier alpha value is -2.31. The number of rotatable bonds is 4. The number of benzene rings is 1. The van der Waals surface area contributed by atoms with Gasteiger partial charge in [-0.05, 0) is 48.4 Å². The maximum atomic E-state index is 12.9. The predicted molar refractivity (Wildman–Crippen MR) is 119 cm³/mol. The third-order valence-corrected chi connectivity index (χ3v) is 6.96. The molecule has 0 aliphatic carbocycles. The lowest BCUT2D eigenvalue weighted by atomic mass is 9.72. The van der Waals surface area contributed by atoms with E-state index in [9.17, 15) is 9.59 Å². The second-order valence-electron chi connectivity index (χ2n) is 8.38. The number of carbonyl (C=O) groups excluding carboxylic acids is 2. The number of hydrogen-bond acceptors (Lipinski definition) is 4. The van der Waals surface area contributed by atoms with Crippen LogP contribution in [0.2, 0.25) is 10.2 Å². The predicted octanol–water partition coefficient (Wildman–Crippen LogP) is 4.44. The second kappa shape index (κ2) is 9.05. The van der Waals surface area contributed by atoms with Crippen molar-refractivity contribution >= 4 is 35.0 Å². The number of methoxy groups -OCH3 is 1. The third kappa shape index (κ3) is 4.80. The first-order chi connectivity index (χ1) is 14.9. The molecule has 0 unspecified atom stereocenters. The van der Waals surface area contributed by atoms with Gasteiger partial charge in [-0.25, -0.2) is 4.98 Å². The molecule has 2 aliphatic heterocycles. The fourth-order valence-corrected chi connectivity index (χ4v) is 4.97. The van der Waals surface area contributed by atoms with Crippen molar-refractivity contribution in [3.05, 3.63) is 57.8 Å². The van der Waals surface area contributed by atoms with Gasteiger partial charge < -0.3 is 14.5 Å². The van der Waals surface area contributed by atoms with Gasteiger partial charge in [-0.1, -0.05) is 35.3 Å². The number of halogens is 2. The number of likely N-dealkylation sites (tertiary alicyclic amines) is 2. The fourth-order valence-electron chi connectivity index (χ4n) is 4.53. The van der Waals surface area contributed by atoms with Crippen molar-refractivity contribution in [2.45, 2.75) is 32.2 Å². The minimum absolute atomic E-state index is 0.0548. The SMILES string of the molecule is COc1ccc(CN2CC3(CCC2=O)CCN(C(=O)c2cnc(Cl)cc2Cl)CC3)cc1. The maximum absolute atomic E-state index is 12.9. The smallest absolute Gasteiger partial charge is 0.256 e. The van der Waals surface area contributed by atoms with Gasteiger partial charge in [-0.2, -0.15) is 0 Å². The average Bonchev–Trinajstić information content (AvgIpc) is 2.77. The van der Waals surface area contributed by atoms with E-state index in [2.05, 4.69) is 4.98 Å². The van der Waals surface area contributed by atoms with E-state index in [0.29, 0.717) is 36.6 Å². The van der Waals surface area contributed by atoms with Gasteiger partial charge in [0.05, 0.1) is 17.7 Å². The van der Waals surface area contributed by atoms with E-state index < -0.39 is 0 Å². The molecule has 0 N–H and O–H groups in total. The Morgan fingerprint density at radius 3 is 2.52 bits per heavy atom. The summed E-state index contributed by atoms with van der Waals surface area (Å²) >= 11 is 12.0. The summed E-state index contributed by atoms with van der Waals surface area (Å²) in [5.41, 5.74) is 1.52. The van der Waals surface area contributed by atoms with Gasteiger partial charge in [-0.3, -0.25) is 9.59 Å². The van der Waals surface area contributed by atoms with Gasteiger partial charge >= 0.3 is 0 Å². The Bertz CT molecular complexity index is 973. The highest BCUT2D eigenvalue weighted by Gasteiger charge is 2.42. The Kier molecular flexibility index (Phi) is 6.39. The topological polar surface area (TPSA) is 62.7 Å². The largest absolute Gasteiger partial charge is 0.497 e. The molecule has 6 nitrogen and oxygen atoms in total. The first-order valence-corrected chi connectivity index (χ1v) is 11.2. The third-order valence-electron chi connectivity index (χ3n) is 6.44. The number of aromatic nitrogens is 1. The van der Waals surface area contributed by atoms with E-state index in [1.807, 2.05) is 34.1 Å². The van der Waals surface area contributed by atoms with Crippen LogP contribution in [0, 0.1) is 5.41 Å². The zero-order chi connectivity index (χ0) is 22.0. The lowest BCUT2D eigenvalue weighted by Gasteiger charge is -2.47. The summed E-state index contributed by atoms with van der Waals surface area (Å²) in [5, 5.41) is 0.585. The van der Waals surface area contributed by atoms with Crippen LogP contribution in [0.25, 0.3) is 0 Å². The number of piperidine rings is 2. The minimum atomic E-state index is -0.119. The van der Waals surface area contributed by atoms with Crippen LogP contribution in [0.4, 0.5) is 0 Å². The monoisotopic (exact) mass is 461 g/mol. The lowest BCUT2D eigenvalue weighted by molar-refractivity contribution is -0.139. The van der Waals surface area contributed by atoms with Crippen LogP contribution in [0.15, 0.2) is 36.5 Å². The molecular weight excluding hydrogens is 437 g/mol. The maximum Gasteiger partial charge on any atom is 0.256 e. The molecule has 0 radical (unpaired) electrons. The fraction of sp³-hybridized carbons (Fsp3) is 0.435. The average molecular weight is 462 g/mol. The number of nitrogens with zero attached hydrogens (tertiary/aromatic N) is 3. The van der Waals surface area contributed by atoms with Gasteiger partial charge in [0.1, 0.15) is 10.9 Å². The highest BCUT2D eigenvalue weighted by atomic mass is 35.5. The molecule has 3 heterocycles. The van der Waals surface area contributed by atoms with Crippen molar-refractivity contribution < 1.29 is 14.3 Å². The number of carbonyl (C=O) groups is 2. The summed E-state index contributed by atoms with van der Waals surface area (Å²) in [7, 11) is 1.64. The molecule has 2 saturated heterocycles. The van der Waals surface area contributed by atoms with Crippen LogP contribution in [-0.2, 0) is 11.3 Å². The molecule has 8 heteroatoms. The molecule has 0 saturated carbocycles. The normalized spacial score (nSPS) is 18.4. The van der Waals surface area contributed by atoms with Crippen molar-refractivity contribution in [3.8, 4) is 5.75 Å². The quantitative estimate of drug-likeness (QED) is 0.631. The van der Waals surface area contributed by atoms with E-state index >= 15 is 0 Å². The molecular formula is C23H25Cl2N3O3. The van der Waals surface area contributed by atoms with Crippen LogP contribution in [0.3, 0.4) is 0 Å². The number of hydrogen-bond donors (Lipinski definition) is 0. The standard InChI is InChI=1S/C23H25Cl2N3O3/c1-31-17-4-2-16(3-5-17)14-28-15-23(7-6-21(28)29)8-10-27(11-9-23)22(30)18-13-26-20(25)12-19(18)24/h2-5,12-13H,6-11,14-15H2,1H3. The highest BCUT2D eigenvalue weighted by Crippen LogP contribution is 2.41. The van der Waals surface area contributed by atoms with Gasteiger partial charge in [0, 0.05) is 38.8 Å². The van der Waals surface area contributed by atoms with Crippen molar-refractivity contribution in [1.29, 1.82) is 0 Å². The first kappa shape index (κ1) is 21.9. The molecule has 4 rings (SSSR count). The van der Waals surface area contributed by atoms with Gasteiger partial charge in [0.2, 0.25) is 5.91 Å². The van der Waals surface area contributed by atoms with Crippen LogP contribution >= 0.6 is 23.2 Å². The van der Waals surface area contributed by atoms with Crippen LogP contribution in [-0.4, -0.2) is 53.3 Å². The van der Waals surface area contributed by atoms with E-state index in [1.165, 1.54) is 12.3 Å². The van der Waals surface area contributed by atoms with Crippen molar-refractivity contribution in [2.24, 2.45) is 5.41 Å². The summed E-state index contributed by atoms with van der Waals surface area (Å²) < 4.78 is 5.21. The molecule has 2 aliphatic rings. The van der Waals surface area contributed by atoms with E-state index in [0.717, 1.165) is 37.1 Å². The molecule has 164 valence electrons. The van der Waals surface area contributed by atoms with Gasteiger partial charge in [0.25, 0.3) is 5.91 Å². The van der Waals surface area contributed by atoms with Crippen LogP contribution in [0.5, 0.6) is 5.75 Å². The Morgan fingerprint density at radius 2 is 1.87 bits per heavy atom. The second-order valence-corrected chi connectivity index (χ2v) is 9.17. The summed E-state index contributed by atoms with van der Waals surface area (Å²) in [5.74, 6) is 0.878. The number of ether oxygens (including phenoxy) is 1. The number of amides is 2. The molecule has 2 aromatic rings. The first-order valence-electron chi connectivity index (χ1n) is 10.4. The van der Waals surface area contributed by atoms with Crippen molar-refractivity contribution in [2.75, 3.05) is 26.7 Å². The summed E-state index contributed by atoms with van der Waals surface area (Å²) in [6.07, 6.45) is 4.59. The van der Waals surface area contributed by atoms with Crippen LogP contribution < -0.4 is 4.74 Å². The van der Waals surface area contributed by atoms with E-state index in [4.69, 9.17) is 27.9 Å². The summed E-state index contributed by atoms with van der Waals surface area (Å²) in [6, 6.07) is 9.32. The molecule has 2 fully saturated rings. The molecule has 1 aromatic heterocycles. The molecule has 1 spiro atoms. The lowest BCUT2D eigenvalue weighted by Crippen LogP contribution is -2.52. The van der Waals surface area contributed by atoms with Crippen molar-refractivity contribution in [1.82, 2.24) is 14.8 Å². The molecule has 31 heavy (non-hydrogen) atoms. The molecule has 0 atom stereocenters. The van der Waals surface area contributed by atoms with Crippen LogP contribution in [0.1, 0.15) is 41.6 Å². The van der Waals surface area contributed by atoms with Crippen molar-refractivity contribution in [3.63, 3.8) is 0 Å². The number of pyridine rings is 1. The highest BCUT2D eigenvalue weighted by molar-refractivity contribution is 6.36. The van der Waals surface area contributed by atoms with E-state index in [1.54, 1.807) is 7.11 Å². The van der Waals surface area contributed by atoms with E-state index in [-0.39, 0.29) is 22.4 Å². The summed E-state index contributed by atoms with van der Waals surface area (Å²) in [4.78, 5) is 33.2. The zero-order valence-corrected chi connectivity index (χ0v) is 19.0.